The number of carbonyl (C=O) groups excluding carboxylic acids is 1. The van der Waals surface area contributed by atoms with Gasteiger partial charge in [-0.15, -0.1) is 5.10 Å². The number of hydrogen-bond acceptors (Lipinski definition) is 12. The number of aryl methyl sites for hydroxylation is 1. The van der Waals surface area contributed by atoms with E-state index in [2.05, 4.69) is 41.1 Å². The monoisotopic (exact) mass is 547 g/mol. The minimum Gasteiger partial charge on any atom is -0.387 e. The van der Waals surface area contributed by atoms with Crippen molar-refractivity contribution in [2.24, 2.45) is 4.99 Å². The molecule has 1 saturated heterocycles. The largest absolute Gasteiger partial charge is 0.387 e. The van der Waals surface area contributed by atoms with Crippen LogP contribution in [0.25, 0.3) is 5.95 Å². The maximum absolute atomic E-state index is 13.5. The van der Waals surface area contributed by atoms with Gasteiger partial charge in [0.15, 0.2) is 17.7 Å². The fraction of sp³-hybridized carbons (Fsp3) is 0.455. The number of rotatable bonds is 8. The molecular formula is C22H25F2N10O5+. The van der Waals surface area contributed by atoms with Crippen LogP contribution in [0.1, 0.15) is 24.1 Å². The van der Waals surface area contributed by atoms with Crippen LogP contribution in [0.2, 0.25) is 0 Å². The van der Waals surface area contributed by atoms with Gasteiger partial charge in [-0.25, -0.2) is 13.4 Å². The highest BCUT2D eigenvalue weighted by Gasteiger charge is 2.46. The Morgan fingerprint density at radius 3 is 2.79 bits per heavy atom. The Labute approximate surface area is 219 Å². The third-order valence-electron chi connectivity index (χ3n) is 5.87. The number of alkyl halides is 2. The molecule has 2 aliphatic heterocycles. The third-order valence-corrected chi connectivity index (χ3v) is 5.87. The van der Waals surface area contributed by atoms with Gasteiger partial charge >= 0.3 is 11.8 Å². The van der Waals surface area contributed by atoms with Crippen molar-refractivity contribution in [2.75, 3.05) is 12.4 Å². The summed E-state index contributed by atoms with van der Waals surface area (Å²) in [6, 6.07) is 1.74. The number of ether oxygens (including phenoxy) is 1. The molecule has 0 saturated carbocycles. The number of anilines is 1. The van der Waals surface area contributed by atoms with E-state index in [1.807, 2.05) is 0 Å². The summed E-state index contributed by atoms with van der Waals surface area (Å²) in [7, 11) is 1.38. The molecule has 0 spiro atoms. The fourth-order valence-corrected chi connectivity index (χ4v) is 4.05. The lowest BCUT2D eigenvalue weighted by atomic mass is 10.1. The summed E-state index contributed by atoms with van der Waals surface area (Å²) in [4.78, 5) is 25.3. The number of nitrogens with one attached hydrogen (secondary N) is 2. The SMILES string of the molecule is CNC(=O)[C@H]1OC(C=[N+]2C=Nc3c(NCc4cc(C)no4)nc(-n4cc(CC(C)(F)F)nn4)nc32)[C@H](O)[C@@H]1O. The van der Waals surface area contributed by atoms with Crippen molar-refractivity contribution >= 4 is 35.8 Å². The van der Waals surface area contributed by atoms with Gasteiger partial charge in [-0.2, -0.15) is 9.67 Å². The summed E-state index contributed by atoms with van der Waals surface area (Å²) in [5.41, 5.74) is 1.03. The molecule has 3 aromatic heterocycles. The smallest absolute Gasteiger partial charge is 0.331 e. The maximum atomic E-state index is 13.5. The molecule has 4 N–H and O–H groups in total. The van der Waals surface area contributed by atoms with Crippen molar-refractivity contribution in [3.63, 3.8) is 0 Å². The van der Waals surface area contributed by atoms with Crippen molar-refractivity contribution in [1.82, 2.24) is 35.4 Å². The van der Waals surface area contributed by atoms with E-state index in [1.165, 1.54) is 30.4 Å². The predicted molar refractivity (Wildman–Crippen MR) is 129 cm³/mol. The number of carbonyl (C=O) groups is 1. The summed E-state index contributed by atoms with van der Waals surface area (Å²) in [5.74, 6) is -2.58. The summed E-state index contributed by atoms with van der Waals surface area (Å²) < 4.78 is 40.4. The van der Waals surface area contributed by atoms with Crippen molar-refractivity contribution < 1.29 is 37.6 Å². The zero-order valence-corrected chi connectivity index (χ0v) is 21.0. The van der Waals surface area contributed by atoms with E-state index in [1.54, 1.807) is 13.0 Å². The molecule has 0 aromatic carbocycles. The number of aliphatic hydroxyl groups excluding tert-OH is 2. The van der Waals surface area contributed by atoms with Crippen LogP contribution in [-0.4, -0.2) is 101 Å². The molecule has 17 heteroatoms. The van der Waals surface area contributed by atoms with E-state index >= 15 is 0 Å². The van der Waals surface area contributed by atoms with Crippen LogP contribution in [0, 0.1) is 6.92 Å². The van der Waals surface area contributed by atoms with Crippen LogP contribution in [0.4, 0.5) is 26.1 Å². The van der Waals surface area contributed by atoms with E-state index in [-0.39, 0.29) is 29.8 Å². The quantitative estimate of drug-likeness (QED) is 0.273. The second-order valence-electron chi connectivity index (χ2n) is 9.15. The van der Waals surface area contributed by atoms with Crippen LogP contribution in [0.3, 0.4) is 0 Å². The Kier molecular flexibility index (Phi) is 6.87. The first-order valence-corrected chi connectivity index (χ1v) is 11.8. The third kappa shape index (κ3) is 5.50. The zero-order chi connectivity index (χ0) is 27.9. The van der Waals surface area contributed by atoms with Gasteiger partial charge in [0.2, 0.25) is 6.34 Å². The first kappa shape index (κ1) is 26.4. The number of aliphatic imine (C=N–C) groups is 1. The molecule has 0 aliphatic carbocycles. The molecule has 5 heterocycles. The first-order chi connectivity index (χ1) is 18.5. The molecule has 0 bridgehead atoms. The minimum absolute atomic E-state index is 0.0109. The van der Waals surface area contributed by atoms with Crippen molar-refractivity contribution in [3.05, 3.63) is 29.4 Å². The Bertz CT molecular complexity index is 1450. The summed E-state index contributed by atoms with van der Waals surface area (Å²) in [6.07, 6.45) is -1.78. The van der Waals surface area contributed by atoms with E-state index in [4.69, 9.17) is 9.26 Å². The van der Waals surface area contributed by atoms with Gasteiger partial charge in [-0.05, 0) is 13.8 Å². The molecule has 2 aliphatic rings. The molecule has 15 nitrogen and oxygen atoms in total. The predicted octanol–water partition coefficient (Wildman–Crippen LogP) is -0.213. The van der Waals surface area contributed by atoms with Gasteiger partial charge in [0.25, 0.3) is 17.5 Å². The number of nitrogens with zero attached hydrogens (tertiary/aromatic N) is 8. The Morgan fingerprint density at radius 2 is 2.10 bits per heavy atom. The van der Waals surface area contributed by atoms with E-state index in [0.29, 0.717) is 17.1 Å². The number of fused-ring (bicyclic) bond motifs is 1. The summed E-state index contributed by atoms with van der Waals surface area (Å²) >= 11 is 0. The standard InChI is InChI=1S/C22H24F2N10O5/c1-10-4-12(39-31-10)6-26-18-14-19(29-21(28-18)34-7-11(30-32-34)5-22(2,23)24)33(9-27-14)8-13-15(35)16(36)17(38-13)20(37)25-3/h4,7-9,13,15-17,35-36H,5-6H2,1-3H3,(H-,25,26,28,29,37)/p+1/t13?,15-,16-,17-/m0/s1. The molecule has 0 radical (unpaired) electrons. The van der Waals surface area contributed by atoms with Crippen LogP contribution < -0.4 is 10.6 Å². The van der Waals surface area contributed by atoms with Crippen LogP contribution in [-0.2, 0) is 22.5 Å². The molecule has 1 unspecified atom stereocenters. The van der Waals surface area contributed by atoms with E-state index in [0.717, 1.165) is 11.6 Å². The van der Waals surface area contributed by atoms with Crippen LogP contribution in [0.15, 0.2) is 21.8 Å². The highest BCUT2D eigenvalue weighted by atomic mass is 19.3. The van der Waals surface area contributed by atoms with Crippen molar-refractivity contribution in [3.8, 4) is 5.95 Å². The van der Waals surface area contributed by atoms with Gasteiger partial charge in [-0.1, -0.05) is 20.3 Å². The number of hydrogen-bond donors (Lipinski definition) is 4. The number of amides is 1. The number of halogens is 2. The van der Waals surface area contributed by atoms with Gasteiger partial charge in [0.1, 0.15) is 18.3 Å². The normalized spacial score (nSPS) is 23.4. The number of aromatic nitrogens is 6. The fourth-order valence-electron chi connectivity index (χ4n) is 4.05. The molecule has 1 amide bonds. The zero-order valence-electron chi connectivity index (χ0n) is 21.0. The lowest BCUT2D eigenvalue weighted by molar-refractivity contribution is -0.294. The van der Waals surface area contributed by atoms with Gasteiger partial charge < -0.3 is 30.1 Å². The highest BCUT2D eigenvalue weighted by molar-refractivity contribution is 5.84. The molecule has 206 valence electrons. The molecular weight excluding hydrogens is 522 g/mol. The Balaban J connectivity index is 1.50. The molecule has 5 rings (SSSR count). The molecule has 39 heavy (non-hydrogen) atoms. The minimum atomic E-state index is -2.99. The van der Waals surface area contributed by atoms with E-state index in [9.17, 15) is 23.8 Å². The maximum Gasteiger partial charge on any atom is 0.331 e. The van der Waals surface area contributed by atoms with Crippen molar-refractivity contribution in [2.45, 2.75) is 57.2 Å². The summed E-state index contributed by atoms with van der Waals surface area (Å²) in [5, 5.41) is 37.7. The number of likely N-dealkylation sites (N-methyl/N-ethyl adjacent to an activating group) is 1. The van der Waals surface area contributed by atoms with Gasteiger partial charge in [0.05, 0.1) is 36.8 Å². The van der Waals surface area contributed by atoms with E-state index < -0.39 is 42.7 Å². The average molecular weight is 548 g/mol. The second-order valence-corrected chi connectivity index (χ2v) is 9.15. The lowest BCUT2D eigenvalue weighted by Crippen LogP contribution is -2.41. The average Bonchev–Trinajstić information content (AvgIpc) is 3.66. The molecule has 1 fully saturated rings. The Morgan fingerprint density at radius 1 is 1.31 bits per heavy atom. The second kappa shape index (κ2) is 10.2. The van der Waals surface area contributed by atoms with Crippen molar-refractivity contribution in [1.29, 1.82) is 0 Å². The molecule has 4 atom stereocenters. The van der Waals surface area contributed by atoms with Crippen LogP contribution in [0.5, 0.6) is 0 Å². The lowest BCUT2D eigenvalue weighted by Gasteiger charge is -2.11. The molecule has 3 aromatic rings. The van der Waals surface area contributed by atoms with Gasteiger partial charge in [0, 0.05) is 13.1 Å². The van der Waals surface area contributed by atoms with Crippen LogP contribution >= 0.6 is 0 Å². The number of aliphatic hydroxyl groups is 2. The van der Waals surface area contributed by atoms with Gasteiger partial charge in [-0.3, -0.25) is 4.79 Å². The Hall–Kier alpha value is -4.22. The summed E-state index contributed by atoms with van der Waals surface area (Å²) in [6.45, 7) is 2.75. The first-order valence-electron chi connectivity index (χ1n) is 11.8. The highest BCUT2D eigenvalue weighted by Crippen LogP contribution is 2.37. The topological polar surface area (TPSA) is 189 Å².